The lowest BCUT2D eigenvalue weighted by Crippen LogP contribution is -1.97. The van der Waals surface area contributed by atoms with Gasteiger partial charge in [-0.3, -0.25) is 0 Å². The molecule has 0 aliphatic rings. The third-order valence-corrected chi connectivity index (χ3v) is 4.89. The second kappa shape index (κ2) is 5.86. The quantitative estimate of drug-likeness (QED) is 0.857. The highest BCUT2D eigenvalue weighted by Crippen LogP contribution is 2.25. The molecule has 0 aromatic carbocycles. The van der Waals surface area contributed by atoms with E-state index in [0.29, 0.717) is 5.92 Å². The molecule has 2 aromatic heterocycles. The van der Waals surface area contributed by atoms with Crippen molar-refractivity contribution in [3.63, 3.8) is 0 Å². The van der Waals surface area contributed by atoms with Gasteiger partial charge in [-0.05, 0) is 0 Å². The molecule has 0 spiro atoms. The lowest BCUT2D eigenvalue weighted by molar-refractivity contribution is 0.271. The van der Waals surface area contributed by atoms with Crippen LogP contribution in [0.1, 0.15) is 36.2 Å². The number of thiazole rings is 1. The van der Waals surface area contributed by atoms with Gasteiger partial charge in [0.1, 0.15) is 0 Å². The van der Waals surface area contributed by atoms with Gasteiger partial charge < -0.3 is 9.67 Å². The molecule has 0 unspecified atom stereocenters. The summed E-state index contributed by atoms with van der Waals surface area (Å²) >= 11 is 3.36. The second-order valence-corrected chi connectivity index (χ2v) is 6.20. The van der Waals surface area contributed by atoms with E-state index < -0.39 is 0 Å². The van der Waals surface area contributed by atoms with Gasteiger partial charge in [-0.25, -0.2) is 9.97 Å². The van der Waals surface area contributed by atoms with E-state index >= 15 is 0 Å². The fraction of sp³-hybridized carbons (Fsp3) is 0.500. The number of imidazole rings is 1. The summed E-state index contributed by atoms with van der Waals surface area (Å²) in [5.74, 6) is 1.31. The van der Waals surface area contributed by atoms with E-state index in [4.69, 9.17) is 5.11 Å². The van der Waals surface area contributed by atoms with E-state index in [9.17, 15) is 0 Å². The van der Waals surface area contributed by atoms with Crippen molar-refractivity contribution >= 4 is 23.1 Å². The number of aliphatic hydroxyl groups excluding tert-OH is 1. The number of thioether (sulfide) groups is 1. The molecule has 2 rings (SSSR count). The smallest absolute Gasteiger partial charge is 0.168 e. The van der Waals surface area contributed by atoms with Crippen molar-refractivity contribution in [3.05, 3.63) is 28.0 Å². The molecular weight excluding hydrogens is 266 g/mol. The van der Waals surface area contributed by atoms with Crippen molar-refractivity contribution in [2.24, 2.45) is 7.05 Å². The zero-order valence-corrected chi connectivity index (χ0v) is 12.4. The Labute approximate surface area is 115 Å². The molecule has 0 aliphatic carbocycles. The number of hydrogen-bond acceptors (Lipinski definition) is 5. The Kier molecular flexibility index (Phi) is 4.42. The Morgan fingerprint density at radius 1 is 1.50 bits per heavy atom. The lowest BCUT2D eigenvalue weighted by atomic mass is 10.2. The average Bonchev–Trinajstić information content (AvgIpc) is 2.93. The van der Waals surface area contributed by atoms with Crippen LogP contribution in [0, 0.1) is 0 Å². The van der Waals surface area contributed by atoms with E-state index in [1.54, 1.807) is 29.3 Å². The fourth-order valence-corrected chi connectivity index (χ4v) is 3.30. The van der Waals surface area contributed by atoms with Crippen LogP contribution in [0.3, 0.4) is 0 Å². The molecule has 98 valence electrons. The first kappa shape index (κ1) is 13.6. The predicted octanol–water partition coefficient (Wildman–Crippen LogP) is 2.78. The Bertz CT molecular complexity index is 519. The van der Waals surface area contributed by atoms with Crippen molar-refractivity contribution in [2.75, 3.05) is 0 Å². The molecule has 2 heterocycles. The zero-order valence-electron chi connectivity index (χ0n) is 10.8. The maximum Gasteiger partial charge on any atom is 0.168 e. The largest absolute Gasteiger partial charge is 0.390 e. The van der Waals surface area contributed by atoms with Crippen LogP contribution < -0.4 is 0 Å². The topological polar surface area (TPSA) is 50.9 Å². The molecule has 6 heteroatoms. The van der Waals surface area contributed by atoms with Crippen LogP contribution >= 0.6 is 23.1 Å². The molecule has 0 aliphatic heterocycles. The molecule has 0 saturated carbocycles. The third-order valence-electron chi connectivity index (χ3n) is 2.62. The molecule has 4 nitrogen and oxygen atoms in total. The maximum atomic E-state index is 9.10. The van der Waals surface area contributed by atoms with Gasteiger partial charge in [0, 0.05) is 24.1 Å². The van der Waals surface area contributed by atoms with Gasteiger partial charge in [0.25, 0.3) is 0 Å². The minimum Gasteiger partial charge on any atom is -0.390 e. The van der Waals surface area contributed by atoms with Crippen LogP contribution in [0.15, 0.2) is 16.7 Å². The first-order valence-electron chi connectivity index (χ1n) is 5.80. The molecule has 1 N–H and O–H groups in total. The van der Waals surface area contributed by atoms with Crippen LogP contribution in [-0.2, 0) is 19.4 Å². The van der Waals surface area contributed by atoms with Gasteiger partial charge in [-0.15, -0.1) is 11.3 Å². The number of aromatic nitrogens is 3. The number of aliphatic hydroxyl groups is 1. The van der Waals surface area contributed by atoms with E-state index in [0.717, 1.165) is 22.3 Å². The van der Waals surface area contributed by atoms with E-state index in [1.807, 2.05) is 11.6 Å². The first-order chi connectivity index (χ1) is 8.61. The minimum absolute atomic E-state index is 0.0261. The predicted molar refractivity (Wildman–Crippen MR) is 74.9 cm³/mol. The van der Waals surface area contributed by atoms with Crippen molar-refractivity contribution < 1.29 is 5.11 Å². The second-order valence-electron chi connectivity index (χ2n) is 4.37. The average molecular weight is 283 g/mol. The van der Waals surface area contributed by atoms with Crippen LogP contribution in [0.25, 0.3) is 0 Å². The summed E-state index contributed by atoms with van der Waals surface area (Å²) in [5, 5.41) is 13.3. The Morgan fingerprint density at radius 3 is 2.83 bits per heavy atom. The highest BCUT2D eigenvalue weighted by Gasteiger charge is 2.09. The van der Waals surface area contributed by atoms with Crippen LogP contribution in [-0.4, -0.2) is 19.6 Å². The SMILES string of the molecule is CC(C)c1nc(CSc2ncc(CO)n2C)cs1. The standard InChI is InChI=1S/C12H17N3OS2/c1-8(2)11-14-9(6-17-11)7-18-12-13-4-10(5-16)15(12)3/h4,6,8,16H,5,7H2,1-3H3. The van der Waals surface area contributed by atoms with Crippen molar-refractivity contribution in [3.8, 4) is 0 Å². The van der Waals surface area contributed by atoms with Crippen LogP contribution in [0.4, 0.5) is 0 Å². The van der Waals surface area contributed by atoms with Gasteiger partial charge in [0.15, 0.2) is 5.16 Å². The van der Waals surface area contributed by atoms with E-state index in [1.165, 1.54) is 5.01 Å². The third kappa shape index (κ3) is 2.93. The summed E-state index contributed by atoms with van der Waals surface area (Å²) < 4.78 is 1.92. The van der Waals surface area contributed by atoms with E-state index in [2.05, 4.69) is 29.2 Å². The molecule has 0 atom stereocenters. The minimum atomic E-state index is 0.0261. The lowest BCUT2D eigenvalue weighted by Gasteiger charge is -2.02. The summed E-state index contributed by atoms with van der Waals surface area (Å²) in [5.41, 5.74) is 1.93. The molecule has 0 bridgehead atoms. The van der Waals surface area contributed by atoms with Crippen LogP contribution in [0.2, 0.25) is 0 Å². The summed E-state index contributed by atoms with van der Waals surface area (Å²) in [7, 11) is 1.92. The molecule has 0 saturated heterocycles. The Hall–Kier alpha value is -0.850. The zero-order chi connectivity index (χ0) is 13.1. The summed E-state index contributed by atoms with van der Waals surface area (Å²) in [4.78, 5) is 8.88. The number of nitrogens with zero attached hydrogens (tertiary/aromatic N) is 3. The summed E-state index contributed by atoms with van der Waals surface area (Å²) in [6, 6.07) is 0. The fourth-order valence-electron chi connectivity index (χ4n) is 1.50. The highest BCUT2D eigenvalue weighted by atomic mass is 32.2. The van der Waals surface area contributed by atoms with Gasteiger partial charge in [-0.1, -0.05) is 25.6 Å². The van der Waals surface area contributed by atoms with Gasteiger partial charge >= 0.3 is 0 Å². The molecule has 0 fully saturated rings. The highest BCUT2D eigenvalue weighted by molar-refractivity contribution is 7.98. The molecule has 0 radical (unpaired) electrons. The monoisotopic (exact) mass is 283 g/mol. The molecule has 2 aromatic rings. The summed E-state index contributed by atoms with van der Waals surface area (Å²) in [6.07, 6.45) is 1.71. The normalized spacial score (nSPS) is 11.4. The van der Waals surface area contributed by atoms with Crippen molar-refractivity contribution in [1.29, 1.82) is 0 Å². The maximum absolute atomic E-state index is 9.10. The van der Waals surface area contributed by atoms with Crippen molar-refractivity contribution in [1.82, 2.24) is 14.5 Å². The first-order valence-corrected chi connectivity index (χ1v) is 7.67. The Balaban J connectivity index is 2.00. The summed E-state index contributed by atoms with van der Waals surface area (Å²) in [6.45, 7) is 4.34. The van der Waals surface area contributed by atoms with Crippen molar-refractivity contribution in [2.45, 2.75) is 37.3 Å². The van der Waals surface area contributed by atoms with Gasteiger partial charge in [-0.2, -0.15) is 0 Å². The van der Waals surface area contributed by atoms with E-state index in [-0.39, 0.29) is 6.61 Å². The molecular formula is C12H17N3OS2. The number of hydrogen-bond donors (Lipinski definition) is 1. The van der Waals surface area contributed by atoms with Gasteiger partial charge in [0.2, 0.25) is 0 Å². The van der Waals surface area contributed by atoms with Crippen LogP contribution in [0.5, 0.6) is 0 Å². The molecule has 18 heavy (non-hydrogen) atoms. The molecule has 0 amide bonds. The Morgan fingerprint density at radius 2 is 2.28 bits per heavy atom. The van der Waals surface area contributed by atoms with Gasteiger partial charge in [0.05, 0.1) is 29.2 Å². The number of rotatable bonds is 5.